The minimum absolute atomic E-state index is 0.221. The highest BCUT2D eigenvalue weighted by Crippen LogP contribution is 2.17. The Labute approximate surface area is 118 Å². The van der Waals surface area contributed by atoms with Crippen LogP contribution < -0.4 is 5.69 Å². The van der Waals surface area contributed by atoms with Crippen molar-refractivity contribution in [3.8, 4) is 0 Å². The Morgan fingerprint density at radius 1 is 1.16 bits per heavy atom. The topological polar surface area (TPSA) is 52.2 Å². The molecular weight excluding hydrogens is 287 g/mol. The number of rotatable bonds is 2. The molecule has 0 aromatic carbocycles. The van der Waals surface area contributed by atoms with E-state index >= 15 is 0 Å². The first-order valence-corrected chi connectivity index (χ1v) is 6.26. The number of halogens is 2. The number of pyridine rings is 2. The van der Waals surface area contributed by atoms with Gasteiger partial charge in [0.1, 0.15) is 10.3 Å². The van der Waals surface area contributed by atoms with Crippen molar-refractivity contribution in [2.75, 3.05) is 0 Å². The summed E-state index contributed by atoms with van der Waals surface area (Å²) >= 11 is 11.7. The Bertz CT molecular complexity index is 809. The number of aromatic nitrogens is 4. The van der Waals surface area contributed by atoms with E-state index in [4.69, 9.17) is 23.2 Å². The first kappa shape index (κ1) is 12.2. The lowest BCUT2D eigenvalue weighted by Crippen LogP contribution is -2.21. The first-order valence-electron chi connectivity index (χ1n) is 5.50. The third-order valence-corrected chi connectivity index (χ3v) is 3.24. The zero-order valence-corrected chi connectivity index (χ0v) is 11.1. The fraction of sp³-hybridized carbons (Fsp3) is 0.0833. The third-order valence-electron chi connectivity index (χ3n) is 2.70. The molecule has 0 N–H and O–H groups in total. The van der Waals surface area contributed by atoms with Crippen LogP contribution in [-0.4, -0.2) is 19.2 Å². The molecule has 7 heteroatoms. The van der Waals surface area contributed by atoms with Crippen LogP contribution >= 0.6 is 23.2 Å². The summed E-state index contributed by atoms with van der Waals surface area (Å²) in [6.07, 6.45) is 1.67. The molecule has 19 heavy (non-hydrogen) atoms. The smallest absolute Gasteiger partial charge is 0.250 e. The lowest BCUT2D eigenvalue weighted by Gasteiger charge is -2.02. The summed E-state index contributed by atoms with van der Waals surface area (Å²) in [5, 5.41) is 4.81. The molecule has 0 bridgehead atoms. The molecule has 3 heterocycles. The highest BCUT2D eigenvalue weighted by Gasteiger charge is 2.09. The van der Waals surface area contributed by atoms with Crippen LogP contribution in [0.4, 0.5) is 0 Å². The van der Waals surface area contributed by atoms with Crippen molar-refractivity contribution in [2.45, 2.75) is 6.54 Å². The highest BCUT2D eigenvalue weighted by atomic mass is 35.5. The molecule has 0 spiro atoms. The molecule has 5 nitrogen and oxygen atoms in total. The average Bonchev–Trinajstić information content (AvgIpc) is 2.70. The van der Waals surface area contributed by atoms with Gasteiger partial charge in [-0.1, -0.05) is 35.3 Å². The molecule has 3 aromatic rings. The summed E-state index contributed by atoms with van der Waals surface area (Å²) in [7, 11) is 0. The van der Waals surface area contributed by atoms with Crippen LogP contribution in [0.5, 0.6) is 0 Å². The van der Waals surface area contributed by atoms with Gasteiger partial charge in [0, 0.05) is 11.8 Å². The van der Waals surface area contributed by atoms with Crippen molar-refractivity contribution < 1.29 is 0 Å². The highest BCUT2D eigenvalue weighted by molar-refractivity contribution is 6.32. The molecule has 0 aliphatic carbocycles. The average molecular weight is 295 g/mol. The van der Waals surface area contributed by atoms with Crippen LogP contribution in [-0.2, 0) is 6.54 Å². The van der Waals surface area contributed by atoms with E-state index in [1.165, 1.54) is 9.08 Å². The van der Waals surface area contributed by atoms with E-state index in [2.05, 4.69) is 10.1 Å². The van der Waals surface area contributed by atoms with Gasteiger partial charge in [-0.25, -0.2) is 14.5 Å². The van der Waals surface area contributed by atoms with E-state index in [-0.39, 0.29) is 17.4 Å². The van der Waals surface area contributed by atoms with Crippen LogP contribution in [0.2, 0.25) is 10.3 Å². The molecule has 0 aliphatic heterocycles. The molecule has 0 saturated carbocycles. The summed E-state index contributed by atoms with van der Waals surface area (Å²) in [4.78, 5) is 16.0. The van der Waals surface area contributed by atoms with Crippen LogP contribution in [0.15, 0.2) is 41.3 Å². The van der Waals surface area contributed by atoms with Crippen molar-refractivity contribution in [1.29, 1.82) is 0 Å². The maximum atomic E-state index is 12.1. The maximum absolute atomic E-state index is 12.1. The van der Waals surface area contributed by atoms with Crippen LogP contribution in [0, 0.1) is 0 Å². The fourth-order valence-electron chi connectivity index (χ4n) is 1.79. The van der Waals surface area contributed by atoms with Gasteiger partial charge in [-0.15, -0.1) is 5.10 Å². The summed E-state index contributed by atoms with van der Waals surface area (Å²) in [6, 6.07) is 8.72. The number of fused-ring (bicyclic) bond motifs is 1. The molecule has 0 atom stereocenters. The van der Waals surface area contributed by atoms with Gasteiger partial charge < -0.3 is 0 Å². The Balaban J connectivity index is 2.06. The second-order valence-corrected chi connectivity index (χ2v) is 4.70. The Hall–Kier alpha value is -1.85. The van der Waals surface area contributed by atoms with Crippen molar-refractivity contribution in [3.05, 3.63) is 62.9 Å². The molecule has 3 rings (SSSR count). The monoisotopic (exact) mass is 294 g/mol. The zero-order chi connectivity index (χ0) is 13.4. The molecule has 0 saturated heterocycles. The number of hydrogen-bond acceptors (Lipinski definition) is 3. The van der Waals surface area contributed by atoms with E-state index in [1.807, 2.05) is 6.07 Å². The molecule has 96 valence electrons. The van der Waals surface area contributed by atoms with Gasteiger partial charge in [0.15, 0.2) is 5.65 Å². The van der Waals surface area contributed by atoms with Gasteiger partial charge in [-0.05, 0) is 18.2 Å². The molecule has 0 fully saturated rings. The van der Waals surface area contributed by atoms with Crippen molar-refractivity contribution in [1.82, 2.24) is 19.2 Å². The van der Waals surface area contributed by atoms with Gasteiger partial charge in [0.25, 0.3) is 0 Å². The standard InChI is InChI=1S/C12H8Cl2N4O/c13-9-5-4-8(11(14)15-9)7-18-12(19)17-6-2-1-3-10(17)16-18/h1-6H,7H2. The predicted octanol–water partition coefficient (Wildman–Crippen LogP) is 2.25. The number of nitrogens with zero attached hydrogens (tertiary/aromatic N) is 4. The van der Waals surface area contributed by atoms with E-state index in [0.29, 0.717) is 16.4 Å². The normalized spacial score (nSPS) is 11.1. The van der Waals surface area contributed by atoms with Gasteiger partial charge >= 0.3 is 5.69 Å². The minimum Gasteiger partial charge on any atom is -0.250 e. The Morgan fingerprint density at radius 3 is 2.74 bits per heavy atom. The summed E-state index contributed by atoms with van der Waals surface area (Å²) in [5.41, 5.74) is 1.06. The number of hydrogen-bond donors (Lipinski definition) is 0. The van der Waals surface area contributed by atoms with Crippen LogP contribution in [0.1, 0.15) is 5.56 Å². The lowest BCUT2D eigenvalue weighted by atomic mass is 10.3. The molecule has 3 aromatic heterocycles. The van der Waals surface area contributed by atoms with Crippen molar-refractivity contribution in [3.63, 3.8) is 0 Å². The van der Waals surface area contributed by atoms with Gasteiger partial charge in [0.2, 0.25) is 0 Å². The van der Waals surface area contributed by atoms with E-state index < -0.39 is 0 Å². The Morgan fingerprint density at radius 2 is 2.00 bits per heavy atom. The quantitative estimate of drug-likeness (QED) is 0.681. The van der Waals surface area contributed by atoms with Crippen LogP contribution in [0.3, 0.4) is 0 Å². The first-order chi connectivity index (χ1) is 9.15. The molecule has 0 aliphatic rings. The van der Waals surface area contributed by atoms with Gasteiger partial charge in [-0.3, -0.25) is 4.40 Å². The second-order valence-electron chi connectivity index (χ2n) is 3.95. The van der Waals surface area contributed by atoms with Crippen molar-refractivity contribution in [2.24, 2.45) is 0 Å². The minimum atomic E-state index is -0.221. The predicted molar refractivity (Wildman–Crippen MR) is 72.8 cm³/mol. The van der Waals surface area contributed by atoms with Gasteiger partial charge in [-0.2, -0.15) is 0 Å². The molecule has 0 radical (unpaired) electrons. The second kappa shape index (κ2) is 4.68. The van der Waals surface area contributed by atoms with Crippen molar-refractivity contribution >= 4 is 28.8 Å². The molecule has 0 amide bonds. The molecular formula is C12H8Cl2N4O. The van der Waals surface area contributed by atoms with Gasteiger partial charge in [0.05, 0.1) is 6.54 Å². The van der Waals surface area contributed by atoms with Crippen LogP contribution in [0.25, 0.3) is 5.65 Å². The summed E-state index contributed by atoms with van der Waals surface area (Å²) in [5.74, 6) is 0. The van der Waals surface area contributed by atoms with E-state index in [1.54, 1.807) is 30.5 Å². The maximum Gasteiger partial charge on any atom is 0.350 e. The SMILES string of the molecule is O=c1n(Cc2ccc(Cl)nc2Cl)nc2ccccn12. The van der Waals surface area contributed by atoms with E-state index in [0.717, 1.165) is 0 Å². The zero-order valence-electron chi connectivity index (χ0n) is 9.62. The third kappa shape index (κ3) is 2.22. The summed E-state index contributed by atoms with van der Waals surface area (Å²) < 4.78 is 2.81. The fourth-order valence-corrected chi connectivity index (χ4v) is 2.20. The largest absolute Gasteiger partial charge is 0.350 e. The Kier molecular flexibility index (Phi) is 3.00. The molecule has 0 unspecified atom stereocenters. The van der Waals surface area contributed by atoms with E-state index in [9.17, 15) is 4.79 Å². The summed E-state index contributed by atoms with van der Waals surface area (Å²) in [6.45, 7) is 0.253. The lowest BCUT2D eigenvalue weighted by molar-refractivity contribution is 0.657.